The molecular formula is C21H29N7O. The number of rotatable bonds is 7. The molecule has 29 heavy (non-hydrogen) atoms. The first kappa shape index (κ1) is 20.6. The predicted molar refractivity (Wildman–Crippen MR) is 117 cm³/mol. The van der Waals surface area contributed by atoms with Crippen LogP contribution in [0.15, 0.2) is 45.8 Å². The number of amidine groups is 1. The van der Waals surface area contributed by atoms with E-state index in [2.05, 4.69) is 20.3 Å². The average molecular weight is 396 g/mol. The van der Waals surface area contributed by atoms with Gasteiger partial charge in [0.25, 0.3) is 0 Å². The summed E-state index contributed by atoms with van der Waals surface area (Å²) in [4.78, 5) is 26.6. The molecule has 1 aromatic rings. The van der Waals surface area contributed by atoms with Gasteiger partial charge in [-0.05, 0) is 30.9 Å². The molecule has 154 valence electrons. The van der Waals surface area contributed by atoms with Crippen LogP contribution in [0.3, 0.4) is 0 Å². The highest BCUT2D eigenvalue weighted by molar-refractivity contribution is 6.08. The highest BCUT2D eigenvalue weighted by Crippen LogP contribution is 2.29. The van der Waals surface area contributed by atoms with E-state index in [0.717, 1.165) is 35.7 Å². The van der Waals surface area contributed by atoms with Crippen molar-refractivity contribution in [3.05, 3.63) is 41.5 Å². The van der Waals surface area contributed by atoms with Crippen LogP contribution in [-0.2, 0) is 4.79 Å². The van der Waals surface area contributed by atoms with Gasteiger partial charge in [-0.15, -0.1) is 0 Å². The minimum Gasteiger partial charge on any atom is -0.404 e. The molecule has 1 aromatic heterocycles. The van der Waals surface area contributed by atoms with Crippen LogP contribution in [0.2, 0.25) is 0 Å². The maximum absolute atomic E-state index is 11.9. The second-order valence-electron chi connectivity index (χ2n) is 7.38. The van der Waals surface area contributed by atoms with E-state index in [1.165, 1.54) is 19.0 Å². The fourth-order valence-corrected chi connectivity index (χ4v) is 3.22. The van der Waals surface area contributed by atoms with Gasteiger partial charge in [0, 0.05) is 62.7 Å². The van der Waals surface area contributed by atoms with Crippen molar-refractivity contribution in [2.24, 2.45) is 27.4 Å². The standard InChI is InChI=1S/C21H29N7O/c1-14(29)28-8-7-20(25-10-15-3-4-15)18(13-28)21(23)27-17-5-6-19(26-12-17)16(9-22)11-24-2/h5-6,9,11-12,15,25H,3-4,7-8,10,13,22H2,1-2H3,(H2,23,27). The lowest BCUT2D eigenvalue weighted by Gasteiger charge is -2.30. The van der Waals surface area contributed by atoms with Gasteiger partial charge in [0.05, 0.1) is 24.1 Å². The van der Waals surface area contributed by atoms with E-state index in [4.69, 9.17) is 11.5 Å². The summed E-state index contributed by atoms with van der Waals surface area (Å²) in [6.45, 7) is 3.70. The molecule has 0 aromatic carbocycles. The third kappa shape index (κ3) is 5.43. The first-order valence-corrected chi connectivity index (χ1v) is 9.88. The van der Waals surface area contributed by atoms with E-state index in [1.54, 1.807) is 31.3 Å². The summed E-state index contributed by atoms with van der Waals surface area (Å²) in [7, 11) is 1.68. The van der Waals surface area contributed by atoms with E-state index in [-0.39, 0.29) is 5.91 Å². The van der Waals surface area contributed by atoms with Crippen molar-refractivity contribution >= 4 is 29.2 Å². The van der Waals surface area contributed by atoms with Crippen LogP contribution >= 0.6 is 0 Å². The molecule has 0 radical (unpaired) electrons. The Labute approximate surface area is 171 Å². The summed E-state index contributed by atoms with van der Waals surface area (Å²) in [5.74, 6) is 1.20. The molecule has 5 N–H and O–H groups in total. The third-order valence-electron chi connectivity index (χ3n) is 5.14. The highest BCUT2D eigenvalue weighted by atomic mass is 16.2. The third-order valence-corrected chi connectivity index (χ3v) is 5.14. The number of aromatic nitrogens is 1. The number of nitrogens with zero attached hydrogens (tertiary/aromatic N) is 4. The van der Waals surface area contributed by atoms with Crippen molar-refractivity contribution in [3.8, 4) is 0 Å². The van der Waals surface area contributed by atoms with E-state index < -0.39 is 0 Å². The zero-order chi connectivity index (χ0) is 20.8. The Kier molecular flexibility index (Phi) is 6.64. The highest BCUT2D eigenvalue weighted by Gasteiger charge is 2.26. The monoisotopic (exact) mass is 395 g/mol. The molecule has 0 spiro atoms. The van der Waals surface area contributed by atoms with Gasteiger partial charge >= 0.3 is 0 Å². The van der Waals surface area contributed by atoms with Crippen molar-refractivity contribution in [1.29, 1.82) is 0 Å². The Bertz CT molecular complexity index is 864. The zero-order valence-electron chi connectivity index (χ0n) is 17.1. The Balaban J connectivity index is 1.82. The largest absolute Gasteiger partial charge is 0.404 e. The molecule has 1 aliphatic carbocycles. The Morgan fingerprint density at radius 2 is 2.21 bits per heavy atom. The Morgan fingerprint density at radius 1 is 1.41 bits per heavy atom. The number of pyridine rings is 1. The minimum atomic E-state index is 0.0428. The first-order chi connectivity index (χ1) is 14.0. The molecule has 8 heteroatoms. The normalized spacial score (nSPS) is 18.5. The van der Waals surface area contributed by atoms with Gasteiger partial charge in [-0.25, -0.2) is 4.99 Å². The van der Waals surface area contributed by atoms with Crippen molar-refractivity contribution in [1.82, 2.24) is 15.2 Å². The number of nitrogens with two attached hydrogens (primary N) is 2. The fourth-order valence-electron chi connectivity index (χ4n) is 3.22. The number of hydrogen-bond acceptors (Lipinski definition) is 6. The molecule has 0 atom stereocenters. The van der Waals surface area contributed by atoms with Crippen LogP contribution < -0.4 is 16.8 Å². The van der Waals surface area contributed by atoms with E-state index in [9.17, 15) is 4.79 Å². The van der Waals surface area contributed by atoms with Gasteiger partial charge < -0.3 is 21.7 Å². The van der Waals surface area contributed by atoms with Crippen LogP contribution in [0.1, 0.15) is 31.9 Å². The summed E-state index contributed by atoms with van der Waals surface area (Å²) >= 11 is 0. The van der Waals surface area contributed by atoms with Crippen LogP contribution in [-0.4, -0.2) is 54.5 Å². The molecule has 3 rings (SSSR count). The molecule has 0 bridgehead atoms. The predicted octanol–water partition coefficient (Wildman–Crippen LogP) is 1.58. The first-order valence-electron chi connectivity index (χ1n) is 9.88. The van der Waals surface area contributed by atoms with Gasteiger partial charge in [0.15, 0.2) is 0 Å². The number of carbonyl (C=O) groups is 1. The van der Waals surface area contributed by atoms with Crippen LogP contribution in [0.4, 0.5) is 5.69 Å². The maximum Gasteiger partial charge on any atom is 0.219 e. The van der Waals surface area contributed by atoms with Gasteiger partial charge in [-0.1, -0.05) is 0 Å². The summed E-state index contributed by atoms with van der Waals surface area (Å²) < 4.78 is 0. The van der Waals surface area contributed by atoms with E-state index in [1.807, 2.05) is 12.1 Å². The molecule has 1 fully saturated rings. The average Bonchev–Trinajstić information content (AvgIpc) is 3.55. The van der Waals surface area contributed by atoms with Crippen molar-refractivity contribution in [2.75, 3.05) is 26.7 Å². The number of nitrogens with one attached hydrogen (secondary N) is 1. The van der Waals surface area contributed by atoms with E-state index in [0.29, 0.717) is 30.3 Å². The van der Waals surface area contributed by atoms with Crippen molar-refractivity contribution < 1.29 is 4.79 Å². The van der Waals surface area contributed by atoms with Crippen molar-refractivity contribution in [2.45, 2.75) is 26.2 Å². The SMILES string of the molecule is CN=CC(=CN)c1ccc(N=C(N)C2=C(NCC3CC3)CCN(C(C)=O)C2)cn1. The smallest absolute Gasteiger partial charge is 0.219 e. The summed E-state index contributed by atoms with van der Waals surface area (Å²) in [6, 6.07) is 3.67. The minimum absolute atomic E-state index is 0.0428. The molecule has 1 amide bonds. The van der Waals surface area contributed by atoms with Crippen LogP contribution in [0, 0.1) is 5.92 Å². The molecule has 0 saturated heterocycles. The van der Waals surface area contributed by atoms with Gasteiger partial charge in [0.2, 0.25) is 5.91 Å². The van der Waals surface area contributed by atoms with Crippen molar-refractivity contribution in [3.63, 3.8) is 0 Å². The molecule has 1 aliphatic heterocycles. The quantitative estimate of drug-likeness (QED) is 0.478. The number of hydrogen-bond donors (Lipinski definition) is 3. The lowest BCUT2D eigenvalue weighted by Crippen LogP contribution is -2.41. The number of allylic oxidation sites excluding steroid dienone is 1. The Morgan fingerprint density at radius 3 is 2.79 bits per heavy atom. The molecule has 8 nitrogen and oxygen atoms in total. The number of aliphatic imine (C=N–C) groups is 2. The second-order valence-corrected chi connectivity index (χ2v) is 7.38. The zero-order valence-corrected chi connectivity index (χ0v) is 17.1. The molecule has 0 unspecified atom stereocenters. The molecule has 2 heterocycles. The van der Waals surface area contributed by atoms with E-state index >= 15 is 0 Å². The lowest BCUT2D eigenvalue weighted by molar-refractivity contribution is -0.128. The maximum atomic E-state index is 11.9. The number of carbonyl (C=O) groups excluding carboxylic acids is 1. The van der Waals surface area contributed by atoms with Gasteiger partial charge in [-0.3, -0.25) is 14.8 Å². The van der Waals surface area contributed by atoms with Crippen LogP contribution in [0.5, 0.6) is 0 Å². The fraction of sp³-hybridized carbons (Fsp3) is 0.429. The summed E-state index contributed by atoms with van der Waals surface area (Å²) in [5.41, 5.74) is 16.1. The molecule has 1 saturated carbocycles. The van der Waals surface area contributed by atoms with Crippen LogP contribution in [0.25, 0.3) is 5.57 Å². The number of amides is 1. The summed E-state index contributed by atoms with van der Waals surface area (Å²) in [5, 5.41) is 3.53. The lowest BCUT2D eigenvalue weighted by atomic mass is 10.0. The molecule has 2 aliphatic rings. The Hall–Kier alpha value is -3.16. The summed E-state index contributed by atoms with van der Waals surface area (Å²) in [6.07, 6.45) is 8.08. The topological polar surface area (TPSA) is 122 Å². The second kappa shape index (κ2) is 9.36. The van der Waals surface area contributed by atoms with Gasteiger partial charge in [-0.2, -0.15) is 0 Å². The molecular weight excluding hydrogens is 366 g/mol. The van der Waals surface area contributed by atoms with Gasteiger partial charge in [0.1, 0.15) is 5.84 Å².